The van der Waals surface area contributed by atoms with Crippen molar-refractivity contribution in [3.05, 3.63) is 23.3 Å². The van der Waals surface area contributed by atoms with Crippen molar-refractivity contribution in [3.63, 3.8) is 0 Å². The van der Waals surface area contributed by atoms with E-state index in [-0.39, 0.29) is 24.7 Å². The summed E-state index contributed by atoms with van der Waals surface area (Å²) in [5.41, 5.74) is 1.23. The molecule has 1 amide bonds. The molecule has 0 saturated heterocycles. The average Bonchev–Trinajstić information content (AvgIpc) is 2.31. The summed E-state index contributed by atoms with van der Waals surface area (Å²) in [5, 5.41) is 11.3. The second-order valence-electron chi connectivity index (χ2n) is 3.83. The maximum absolute atomic E-state index is 11.1. The molecule has 0 saturated carbocycles. The van der Waals surface area contributed by atoms with E-state index in [0.29, 0.717) is 17.7 Å². The van der Waals surface area contributed by atoms with Crippen LogP contribution in [0.25, 0.3) is 0 Å². The molecule has 0 aromatic rings. The van der Waals surface area contributed by atoms with Crippen molar-refractivity contribution in [1.29, 1.82) is 0 Å². The highest BCUT2D eigenvalue weighted by Gasteiger charge is 2.05. The van der Waals surface area contributed by atoms with Gasteiger partial charge in [0.15, 0.2) is 0 Å². The van der Waals surface area contributed by atoms with Crippen molar-refractivity contribution in [3.8, 4) is 0 Å². The van der Waals surface area contributed by atoms with Crippen LogP contribution in [-0.2, 0) is 19.4 Å². The van der Waals surface area contributed by atoms with Gasteiger partial charge in [0.1, 0.15) is 6.61 Å². The van der Waals surface area contributed by atoms with Crippen molar-refractivity contribution in [2.45, 2.75) is 20.8 Å². The molecule has 0 rings (SSSR count). The summed E-state index contributed by atoms with van der Waals surface area (Å²) in [7, 11) is 0. The van der Waals surface area contributed by atoms with E-state index in [4.69, 9.17) is 14.9 Å². The van der Waals surface area contributed by atoms with Crippen LogP contribution in [0.3, 0.4) is 0 Å². The molecule has 0 aromatic carbocycles. The van der Waals surface area contributed by atoms with Gasteiger partial charge in [-0.1, -0.05) is 6.58 Å². The number of hydrogen-bond donors (Lipinski definition) is 2. The highest BCUT2D eigenvalue weighted by Crippen LogP contribution is 2.03. The van der Waals surface area contributed by atoms with Crippen LogP contribution in [0.15, 0.2) is 23.3 Å². The zero-order valence-corrected chi connectivity index (χ0v) is 10.9. The molecule has 0 radical (unpaired) electrons. The number of amides is 1. The predicted octanol–water partition coefficient (Wildman–Crippen LogP) is 1.05. The minimum Gasteiger partial charge on any atom is -0.478 e. The molecule has 0 bridgehead atoms. The smallest absolute Gasteiger partial charge is 0.331 e. The summed E-state index contributed by atoms with van der Waals surface area (Å²) in [5.74, 6) is -1.22. The fourth-order valence-electron chi connectivity index (χ4n) is 0.837. The molecule has 0 aromatic heterocycles. The van der Waals surface area contributed by atoms with Crippen molar-refractivity contribution in [2.24, 2.45) is 0 Å². The van der Waals surface area contributed by atoms with E-state index >= 15 is 0 Å². The lowest BCUT2D eigenvalue weighted by Crippen LogP contribution is -2.27. The third kappa shape index (κ3) is 6.82. The third-order valence-corrected chi connectivity index (χ3v) is 2.18. The SMILES string of the molecule is C=C(C)C(=O)NCCOOC/C(C)=C(/C)C(=O)O. The summed E-state index contributed by atoms with van der Waals surface area (Å²) >= 11 is 0. The van der Waals surface area contributed by atoms with E-state index in [0.717, 1.165) is 0 Å². The maximum Gasteiger partial charge on any atom is 0.331 e. The highest BCUT2D eigenvalue weighted by molar-refractivity contribution is 5.92. The maximum atomic E-state index is 11.1. The van der Waals surface area contributed by atoms with E-state index < -0.39 is 5.97 Å². The van der Waals surface area contributed by atoms with Crippen LogP contribution in [0, 0.1) is 0 Å². The number of carbonyl (C=O) groups excluding carboxylic acids is 1. The molecule has 0 aliphatic rings. The highest BCUT2D eigenvalue weighted by atomic mass is 17.2. The van der Waals surface area contributed by atoms with Gasteiger partial charge in [0.25, 0.3) is 0 Å². The van der Waals surface area contributed by atoms with Gasteiger partial charge in [0.05, 0.1) is 6.61 Å². The lowest BCUT2D eigenvalue weighted by Gasteiger charge is -2.07. The molecule has 0 spiro atoms. The van der Waals surface area contributed by atoms with Crippen molar-refractivity contribution in [1.82, 2.24) is 5.32 Å². The molecule has 0 heterocycles. The Bertz CT molecular complexity index is 359. The minimum absolute atomic E-state index is 0.0760. The first-order valence-electron chi connectivity index (χ1n) is 5.44. The Morgan fingerprint density at radius 3 is 2.33 bits per heavy atom. The topological polar surface area (TPSA) is 84.9 Å². The molecular weight excluding hydrogens is 238 g/mol. The normalized spacial score (nSPS) is 11.7. The number of hydrogen-bond acceptors (Lipinski definition) is 4. The van der Waals surface area contributed by atoms with E-state index in [2.05, 4.69) is 11.9 Å². The Balaban J connectivity index is 3.70. The Kier molecular flexibility index (Phi) is 7.66. The standard InChI is InChI=1S/C12H19NO5/c1-8(2)11(14)13-5-6-17-18-7-9(3)10(4)12(15)16/h1,5-7H2,2-4H3,(H,13,14)(H,15,16)/b10-9-. The molecule has 2 N–H and O–H groups in total. The number of carboxylic acids is 1. The lowest BCUT2D eigenvalue weighted by atomic mass is 10.2. The van der Waals surface area contributed by atoms with Crippen LogP contribution < -0.4 is 5.32 Å². The Labute approximate surface area is 106 Å². The fourth-order valence-corrected chi connectivity index (χ4v) is 0.837. The van der Waals surface area contributed by atoms with E-state index in [1.165, 1.54) is 6.92 Å². The monoisotopic (exact) mass is 257 g/mol. The Hall–Kier alpha value is -1.66. The third-order valence-electron chi connectivity index (χ3n) is 2.18. The molecule has 0 aliphatic heterocycles. The molecule has 0 fully saturated rings. The largest absolute Gasteiger partial charge is 0.478 e. The molecule has 6 heteroatoms. The second-order valence-corrected chi connectivity index (χ2v) is 3.83. The minimum atomic E-state index is -0.982. The van der Waals surface area contributed by atoms with E-state index in [1.807, 2.05) is 0 Å². The van der Waals surface area contributed by atoms with Crippen LogP contribution in [0.4, 0.5) is 0 Å². The van der Waals surface area contributed by atoms with E-state index in [1.54, 1.807) is 13.8 Å². The molecule has 0 unspecified atom stereocenters. The van der Waals surface area contributed by atoms with E-state index in [9.17, 15) is 9.59 Å². The van der Waals surface area contributed by atoms with Gasteiger partial charge in [-0.15, -0.1) is 0 Å². The molecule has 0 atom stereocenters. The first-order valence-corrected chi connectivity index (χ1v) is 5.44. The quantitative estimate of drug-likeness (QED) is 0.294. The van der Waals surface area contributed by atoms with Gasteiger partial charge in [-0.3, -0.25) is 4.79 Å². The van der Waals surface area contributed by atoms with Crippen LogP contribution in [-0.4, -0.2) is 36.7 Å². The van der Waals surface area contributed by atoms with Crippen LogP contribution in [0.2, 0.25) is 0 Å². The summed E-state index contributed by atoms with van der Waals surface area (Å²) < 4.78 is 0. The molecule has 18 heavy (non-hydrogen) atoms. The summed E-state index contributed by atoms with van der Waals surface area (Å²) in [6.45, 7) is 8.79. The van der Waals surface area contributed by atoms with Gasteiger partial charge in [0, 0.05) is 17.7 Å². The molecule has 102 valence electrons. The van der Waals surface area contributed by atoms with Gasteiger partial charge in [-0.25, -0.2) is 14.6 Å². The van der Waals surface area contributed by atoms with Crippen LogP contribution in [0.5, 0.6) is 0 Å². The summed E-state index contributed by atoms with van der Waals surface area (Å²) in [4.78, 5) is 31.3. The first-order chi connectivity index (χ1) is 8.36. The number of nitrogens with one attached hydrogen (secondary N) is 1. The van der Waals surface area contributed by atoms with Crippen molar-refractivity contribution in [2.75, 3.05) is 19.8 Å². The summed E-state index contributed by atoms with van der Waals surface area (Å²) in [6, 6.07) is 0. The van der Waals surface area contributed by atoms with Gasteiger partial charge >= 0.3 is 5.97 Å². The number of carboxylic acid groups (broad SMARTS) is 1. The van der Waals surface area contributed by atoms with Crippen molar-refractivity contribution < 1.29 is 24.5 Å². The molecular formula is C12H19NO5. The Morgan fingerprint density at radius 1 is 1.22 bits per heavy atom. The zero-order chi connectivity index (χ0) is 14.1. The van der Waals surface area contributed by atoms with Crippen LogP contribution >= 0.6 is 0 Å². The number of aliphatic carboxylic acids is 1. The number of rotatable bonds is 8. The van der Waals surface area contributed by atoms with Crippen LogP contribution in [0.1, 0.15) is 20.8 Å². The number of carbonyl (C=O) groups is 2. The second kappa shape index (κ2) is 8.43. The predicted molar refractivity (Wildman–Crippen MR) is 65.7 cm³/mol. The van der Waals surface area contributed by atoms with Crippen molar-refractivity contribution >= 4 is 11.9 Å². The zero-order valence-electron chi connectivity index (χ0n) is 10.9. The van der Waals surface area contributed by atoms with Gasteiger partial charge in [-0.05, 0) is 26.3 Å². The van der Waals surface area contributed by atoms with Gasteiger partial charge in [-0.2, -0.15) is 0 Å². The molecule has 6 nitrogen and oxygen atoms in total. The average molecular weight is 257 g/mol. The summed E-state index contributed by atoms with van der Waals surface area (Å²) in [6.07, 6.45) is 0. The first kappa shape index (κ1) is 16.3. The van der Waals surface area contributed by atoms with Gasteiger partial charge < -0.3 is 10.4 Å². The van der Waals surface area contributed by atoms with Gasteiger partial charge in [0.2, 0.25) is 5.91 Å². The molecule has 0 aliphatic carbocycles. The fraction of sp³-hybridized carbons (Fsp3) is 0.500. The lowest BCUT2D eigenvalue weighted by molar-refractivity contribution is -0.286. The Morgan fingerprint density at radius 2 is 1.83 bits per heavy atom.